The van der Waals surface area contributed by atoms with Crippen molar-refractivity contribution in [2.75, 3.05) is 5.73 Å². The lowest BCUT2D eigenvalue weighted by Crippen LogP contribution is -1.99. The normalized spacial score (nSPS) is 10.5. The van der Waals surface area contributed by atoms with E-state index in [2.05, 4.69) is 4.98 Å². The van der Waals surface area contributed by atoms with Crippen LogP contribution < -0.4 is 5.73 Å². The highest BCUT2D eigenvalue weighted by molar-refractivity contribution is 6.01. The molecule has 0 radical (unpaired) electrons. The molecule has 1 aromatic carbocycles. The highest BCUT2D eigenvalue weighted by Gasteiger charge is 2.12. The van der Waals surface area contributed by atoms with E-state index in [4.69, 9.17) is 15.3 Å². The second-order valence-electron chi connectivity index (χ2n) is 2.57. The molecule has 2 aromatic rings. The van der Waals surface area contributed by atoms with Gasteiger partial charge in [-0.1, -0.05) is 0 Å². The zero-order chi connectivity index (χ0) is 9.42. The zero-order valence-corrected chi connectivity index (χ0v) is 6.52. The number of rotatable bonds is 1. The number of aromatic carboxylic acids is 1. The van der Waals surface area contributed by atoms with Crippen LogP contribution in [0.5, 0.6) is 0 Å². The summed E-state index contributed by atoms with van der Waals surface area (Å²) >= 11 is 0. The number of anilines is 1. The van der Waals surface area contributed by atoms with Gasteiger partial charge in [0, 0.05) is 11.8 Å². The summed E-state index contributed by atoms with van der Waals surface area (Å²) in [6, 6.07) is 2.89. The number of benzene rings is 1. The second-order valence-corrected chi connectivity index (χ2v) is 2.57. The molecule has 0 aliphatic heterocycles. The average molecular weight is 178 g/mol. The number of hydrogen-bond acceptors (Lipinski definition) is 4. The third-order valence-electron chi connectivity index (χ3n) is 1.69. The van der Waals surface area contributed by atoms with Crippen LogP contribution in [0.15, 0.2) is 22.9 Å². The number of carboxylic acid groups (broad SMARTS) is 1. The molecular formula is C8H6N2O3. The summed E-state index contributed by atoms with van der Waals surface area (Å²) < 4.78 is 4.94. The van der Waals surface area contributed by atoms with Crippen LogP contribution in [0.25, 0.3) is 11.1 Å². The monoisotopic (exact) mass is 178 g/mol. The number of nitrogens with zero attached hydrogens (tertiary/aromatic N) is 1. The molecule has 3 N–H and O–H groups in total. The topological polar surface area (TPSA) is 89.4 Å². The molecule has 0 aliphatic carbocycles. The van der Waals surface area contributed by atoms with E-state index in [1.165, 1.54) is 18.5 Å². The lowest BCUT2D eigenvalue weighted by molar-refractivity contribution is 0.0699. The first kappa shape index (κ1) is 7.60. The number of nitrogens with two attached hydrogens (primary N) is 1. The van der Waals surface area contributed by atoms with Crippen LogP contribution in [0.4, 0.5) is 5.69 Å². The summed E-state index contributed by atoms with van der Waals surface area (Å²) in [6.07, 6.45) is 1.19. The van der Waals surface area contributed by atoms with E-state index >= 15 is 0 Å². The molecule has 0 aliphatic rings. The zero-order valence-electron chi connectivity index (χ0n) is 6.52. The van der Waals surface area contributed by atoms with Crippen LogP contribution >= 0.6 is 0 Å². The molecular weight excluding hydrogens is 172 g/mol. The van der Waals surface area contributed by atoms with Crippen LogP contribution in [0.2, 0.25) is 0 Å². The van der Waals surface area contributed by atoms with Crippen LogP contribution in [-0.4, -0.2) is 16.1 Å². The largest absolute Gasteiger partial charge is 0.478 e. The van der Waals surface area contributed by atoms with Gasteiger partial charge in [0.15, 0.2) is 12.0 Å². The Morgan fingerprint density at radius 1 is 1.54 bits per heavy atom. The average Bonchev–Trinajstić information content (AvgIpc) is 2.49. The molecule has 1 heterocycles. The highest BCUT2D eigenvalue weighted by Crippen LogP contribution is 2.20. The predicted molar refractivity (Wildman–Crippen MR) is 45.4 cm³/mol. The smallest absolute Gasteiger partial charge is 0.338 e. The molecule has 0 spiro atoms. The molecule has 5 heteroatoms. The molecule has 0 saturated carbocycles. The van der Waals surface area contributed by atoms with Gasteiger partial charge in [0.2, 0.25) is 0 Å². The maximum Gasteiger partial charge on any atom is 0.338 e. The predicted octanol–water partition coefficient (Wildman–Crippen LogP) is 1.11. The fourth-order valence-electron chi connectivity index (χ4n) is 1.15. The van der Waals surface area contributed by atoms with E-state index < -0.39 is 5.97 Å². The third-order valence-corrected chi connectivity index (χ3v) is 1.69. The van der Waals surface area contributed by atoms with Gasteiger partial charge in [0.25, 0.3) is 0 Å². The van der Waals surface area contributed by atoms with Gasteiger partial charge in [-0.2, -0.15) is 0 Å². The van der Waals surface area contributed by atoms with Gasteiger partial charge in [-0.15, -0.1) is 0 Å². The minimum Gasteiger partial charge on any atom is -0.478 e. The highest BCUT2D eigenvalue weighted by atomic mass is 16.4. The molecule has 0 amide bonds. The van der Waals surface area contributed by atoms with E-state index in [9.17, 15) is 4.79 Å². The van der Waals surface area contributed by atoms with Gasteiger partial charge in [-0.3, -0.25) is 0 Å². The molecule has 66 valence electrons. The summed E-state index contributed by atoms with van der Waals surface area (Å²) in [5.41, 5.74) is 6.59. The van der Waals surface area contributed by atoms with Crippen molar-refractivity contribution in [2.24, 2.45) is 0 Å². The number of aromatic nitrogens is 1. The Morgan fingerprint density at radius 2 is 2.31 bits per heavy atom. The Labute approximate surface area is 72.8 Å². The molecule has 0 bridgehead atoms. The summed E-state index contributed by atoms with van der Waals surface area (Å²) in [4.78, 5) is 14.5. The third kappa shape index (κ3) is 1.10. The Morgan fingerprint density at radius 3 is 3.00 bits per heavy atom. The molecule has 0 fully saturated rings. The SMILES string of the molecule is Nc1cc(C(=O)O)c2ncoc2c1. The van der Waals surface area contributed by atoms with Crippen molar-refractivity contribution < 1.29 is 14.3 Å². The lowest BCUT2D eigenvalue weighted by Gasteiger charge is -1.96. The van der Waals surface area contributed by atoms with Crippen LogP contribution in [0.3, 0.4) is 0 Å². The number of oxazole rings is 1. The van der Waals surface area contributed by atoms with Crippen LogP contribution in [-0.2, 0) is 0 Å². The van der Waals surface area contributed by atoms with E-state index in [-0.39, 0.29) is 5.56 Å². The van der Waals surface area contributed by atoms with Crippen LogP contribution in [0, 0.1) is 0 Å². The minimum atomic E-state index is -1.06. The molecule has 2 rings (SSSR count). The molecule has 5 nitrogen and oxygen atoms in total. The van der Waals surface area contributed by atoms with E-state index in [0.717, 1.165) is 0 Å². The van der Waals surface area contributed by atoms with Gasteiger partial charge in [-0.05, 0) is 6.07 Å². The lowest BCUT2D eigenvalue weighted by atomic mass is 10.1. The Balaban J connectivity index is 2.84. The van der Waals surface area contributed by atoms with Gasteiger partial charge in [0.1, 0.15) is 5.52 Å². The first-order valence-electron chi connectivity index (χ1n) is 3.54. The van der Waals surface area contributed by atoms with Gasteiger partial charge in [-0.25, -0.2) is 9.78 Å². The summed E-state index contributed by atoms with van der Waals surface area (Å²) in [7, 11) is 0. The number of hydrogen-bond donors (Lipinski definition) is 2. The minimum absolute atomic E-state index is 0.0590. The first-order chi connectivity index (χ1) is 6.18. The Bertz CT molecular complexity index is 475. The Kier molecular flexibility index (Phi) is 1.45. The van der Waals surface area contributed by atoms with Gasteiger partial charge < -0.3 is 15.3 Å². The summed E-state index contributed by atoms with van der Waals surface area (Å²) in [5.74, 6) is -1.06. The van der Waals surface area contributed by atoms with E-state index in [1.807, 2.05) is 0 Å². The number of fused-ring (bicyclic) bond motifs is 1. The van der Waals surface area contributed by atoms with Crippen LogP contribution in [0.1, 0.15) is 10.4 Å². The fourth-order valence-corrected chi connectivity index (χ4v) is 1.15. The maximum atomic E-state index is 10.7. The van der Waals surface area contributed by atoms with Crippen molar-refractivity contribution in [3.05, 3.63) is 24.1 Å². The summed E-state index contributed by atoms with van der Waals surface area (Å²) in [5, 5.41) is 8.79. The van der Waals surface area contributed by atoms with Gasteiger partial charge in [0.05, 0.1) is 5.56 Å². The molecule has 0 saturated heterocycles. The van der Waals surface area contributed by atoms with E-state index in [0.29, 0.717) is 16.8 Å². The second kappa shape index (κ2) is 2.48. The molecule has 0 atom stereocenters. The first-order valence-corrected chi connectivity index (χ1v) is 3.54. The quantitative estimate of drug-likeness (QED) is 0.638. The molecule has 13 heavy (non-hydrogen) atoms. The number of carbonyl (C=O) groups is 1. The van der Waals surface area contributed by atoms with E-state index in [1.54, 1.807) is 0 Å². The number of nitrogen functional groups attached to an aromatic ring is 1. The standard InChI is InChI=1S/C8H6N2O3/c9-4-1-5(8(11)12)7-6(2-4)13-3-10-7/h1-3H,9H2,(H,11,12). The van der Waals surface area contributed by atoms with Crippen molar-refractivity contribution in [3.8, 4) is 0 Å². The van der Waals surface area contributed by atoms with Crippen molar-refractivity contribution in [2.45, 2.75) is 0 Å². The van der Waals surface area contributed by atoms with Crippen molar-refractivity contribution in [1.29, 1.82) is 0 Å². The fraction of sp³-hybridized carbons (Fsp3) is 0. The van der Waals surface area contributed by atoms with Crippen molar-refractivity contribution in [1.82, 2.24) is 4.98 Å². The number of carboxylic acids is 1. The maximum absolute atomic E-state index is 10.7. The Hall–Kier alpha value is -2.04. The molecule has 0 unspecified atom stereocenters. The van der Waals surface area contributed by atoms with Gasteiger partial charge >= 0.3 is 5.97 Å². The summed E-state index contributed by atoms with van der Waals surface area (Å²) in [6.45, 7) is 0. The van der Waals surface area contributed by atoms with Crippen molar-refractivity contribution in [3.63, 3.8) is 0 Å². The molecule has 1 aromatic heterocycles. The van der Waals surface area contributed by atoms with Crippen molar-refractivity contribution >= 4 is 22.8 Å².